The van der Waals surface area contributed by atoms with Crippen molar-refractivity contribution in [3.8, 4) is 0 Å². The first-order valence-corrected chi connectivity index (χ1v) is 4.06. The van der Waals surface area contributed by atoms with E-state index in [0.29, 0.717) is 0 Å². The van der Waals surface area contributed by atoms with Gasteiger partial charge in [-0.05, 0) is 22.0 Å². The summed E-state index contributed by atoms with van der Waals surface area (Å²) in [7, 11) is 0. The number of pyridine rings is 1. The van der Waals surface area contributed by atoms with Gasteiger partial charge in [-0.15, -0.1) is 0 Å². The fraction of sp³-hybridized carbons (Fsp3) is 0.167. The van der Waals surface area contributed by atoms with Gasteiger partial charge in [0.05, 0.1) is 10.0 Å². The van der Waals surface area contributed by atoms with Crippen molar-refractivity contribution >= 4 is 27.5 Å². The maximum Gasteiger partial charge on any atom is 0.269 e. The Balaban J connectivity index is 3.33. The number of H-pyrrole nitrogens is 1. The minimum atomic E-state index is -2.79. The lowest BCUT2D eigenvalue weighted by Gasteiger charge is -1.99. The molecule has 1 aromatic heterocycles. The Morgan fingerprint density at radius 2 is 2.17 bits per heavy atom. The van der Waals surface area contributed by atoms with Crippen LogP contribution in [0.4, 0.5) is 8.78 Å². The molecule has 0 radical (unpaired) electrons. The van der Waals surface area contributed by atoms with Gasteiger partial charge in [-0.2, -0.15) is 0 Å². The van der Waals surface area contributed by atoms with E-state index in [1.807, 2.05) is 0 Å². The summed E-state index contributed by atoms with van der Waals surface area (Å²) < 4.78 is 24.4. The third-order valence-electron chi connectivity index (χ3n) is 1.21. The molecule has 1 aromatic rings. The summed E-state index contributed by atoms with van der Waals surface area (Å²) >= 11 is 8.36. The summed E-state index contributed by atoms with van der Waals surface area (Å²) in [6.45, 7) is 0. The maximum absolute atomic E-state index is 12.1. The lowest BCUT2D eigenvalue weighted by molar-refractivity contribution is 0.149. The number of halogens is 4. The van der Waals surface area contributed by atoms with Crippen molar-refractivity contribution in [3.63, 3.8) is 0 Å². The minimum Gasteiger partial charge on any atom is -0.312 e. The van der Waals surface area contributed by atoms with E-state index < -0.39 is 17.5 Å². The predicted molar refractivity (Wildman–Crippen MR) is 44.7 cm³/mol. The van der Waals surface area contributed by atoms with Crippen LogP contribution in [0.2, 0.25) is 5.15 Å². The van der Waals surface area contributed by atoms with Crippen molar-refractivity contribution in [1.29, 1.82) is 0 Å². The maximum atomic E-state index is 12.1. The van der Waals surface area contributed by atoms with Gasteiger partial charge in [0.25, 0.3) is 12.0 Å². The van der Waals surface area contributed by atoms with Gasteiger partial charge in [0, 0.05) is 0 Å². The van der Waals surface area contributed by atoms with Crippen molar-refractivity contribution in [2.24, 2.45) is 0 Å². The van der Waals surface area contributed by atoms with Crippen molar-refractivity contribution in [2.45, 2.75) is 6.43 Å². The molecule has 12 heavy (non-hydrogen) atoms. The SMILES string of the molecule is O=c1[nH]c(Cl)c(Br)cc1C(F)F. The van der Waals surface area contributed by atoms with Crippen LogP contribution in [0, 0.1) is 0 Å². The van der Waals surface area contributed by atoms with Gasteiger partial charge in [-0.1, -0.05) is 11.6 Å². The highest BCUT2D eigenvalue weighted by Crippen LogP contribution is 2.23. The van der Waals surface area contributed by atoms with Crippen LogP contribution < -0.4 is 5.56 Å². The molecule has 2 nitrogen and oxygen atoms in total. The Kier molecular flexibility index (Phi) is 2.85. The van der Waals surface area contributed by atoms with Crippen LogP contribution in [-0.2, 0) is 0 Å². The topological polar surface area (TPSA) is 32.9 Å². The van der Waals surface area contributed by atoms with Crippen molar-refractivity contribution < 1.29 is 8.78 Å². The average Bonchev–Trinajstić information content (AvgIpc) is 1.96. The van der Waals surface area contributed by atoms with Gasteiger partial charge in [-0.3, -0.25) is 4.79 Å². The van der Waals surface area contributed by atoms with Gasteiger partial charge >= 0.3 is 0 Å². The van der Waals surface area contributed by atoms with Gasteiger partial charge in [0.1, 0.15) is 5.15 Å². The standard InChI is InChI=1S/C6H3BrClF2NO/c7-3-1-2(5(9)10)6(12)11-4(3)8/h1,5H,(H,11,12). The lowest BCUT2D eigenvalue weighted by Crippen LogP contribution is -2.12. The molecular formula is C6H3BrClF2NO. The Labute approximate surface area is 79.7 Å². The molecule has 0 spiro atoms. The van der Waals surface area contributed by atoms with E-state index in [4.69, 9.17) is 11.6 Å². The monoisotopic (exact) mass is 257 g/mol. The Morgan fingerprint density at radius 1 is 1.58 bits per heavy atom. The summed E-state index contributed by atoms with van der Waals surface area (Å²) in [5, 5.41) is 0.0180. The average molecular weight is 258 g/mol. The van der Waals surface area contributed by atoms with Crippen molar-refractivity contribution in [1.82, 2.24) is 4.98 Å². The van der Waals surface area contributed by atoms with Crippen LogP contribution >= 0.6 is 27.5 Å². The van der Waals surface area contributed by atoms with Crippen LogP contribution in [0.15, 0.2) is 15.3 Å². The van der Waals surface area contributed by atoms with E-state index in [-0.39, 0.29) is 9.63 Å². The predicted octanol–water partition coefficient (Wildman–Crippen LogP) is 2.73. The first-order chi connectivity index (χ1) is 5.52. The molecule has 0 aliphatic rings. The second kappa shape index (κ2) is 3.53. The largest absolute Gasteiger partial charge is 0.312 e. The highest BCUT2D eigenvalue weighted by molar-refractivity contribution is 9.10. The number of hydrogen-bond donors (Lipinski definition) is 1. The Bertz CT molecular complexity index is 352. The molecule has 0 aromatic carbocycles. The number of aromatic nitrogens is 1. The van der Waals surface area contributed by atoms with Crippen LogP contribution in [0.3, 0.4) is 0 Å². The van der Waals surface area contributed by atoms with Gasteiger partial charge in [0.2, 0.25) is 0 Å². The summed E-state index contributed by atoms with van der Waals surface area (Å²) in [6, 6.07) is 1.01. The third kappa shape index (κ3) is 1.84. The van der Waals surface area contributed by atoms with Gasteiger partial charge < -0.3 is 4.98 Å². The van der Waals surface area contributed by atoms with Gasteiger partial charge in [-0.25, -0.2) is 8.78 Å². The summed E-state index contributed by atoms with van der Waals surface area (Å²) in [5.74, 6) is 0. The molecule has 0 aliphatic carbocycles. The molecule has 1 heterocycles. The van der Waals surface area contributed by atoms with E-state index in [1.165, 1.54) is 0 Å². The smallest absolute Gasteiger partial charge is 0.269 e. The molecule has 0 bridgehead atoms. The van der Waals surface area contributed by atoms with Crippen molar-refractivity contribution in [2.75, 3.05) is 0 Å². The molecule has 0 saturated carbocycles. The fourth-order valence-electron chi connectivity index (χ4n) is 0.659. The molecule has 0 amide bonds. The molecule has 0 unspecified atom stereocenters. The second-order valence-corrected chi connectivity index (χ2v) is 3.25. The highest BCUT2D eigenvalue weighted by Gasteiger charge is 2.13. The van der Waals surface area contributed by atoms with Gasteiger partial charge in [0.15, 0.2) is 0 Å². The van der Waals surface area contributed by atoms with E-state index >= 15 is 0 Å². The van der Waals surface area contributed by atoms with Crippen LogP contribution in [0.1, 0.15) is 12.0 Å². The van der Waals surface area contributed by atoms with Crippen LogP contribution in [0.25, 0.3) is 0 Å². The molecule has 0 atom stereocenters. The quantitative estimate of drug-likeness (QED) is 0.772. The van der Waals surface area contributed by atoms with Crippen LogP contribution in [0.5, 0.6) is 0 Å². The Morgan fingerprint density at radius 3 is 2.67 bits per heavy atom. The second-order valence-electron chi connectivity index (χ2n) is 2.02. The van der Waals surface area contributed by atoms with E-state index in [1.54, 1.807) is 0 Å². The lowest BCUT2D eigenvalue weighted by atomic mass is 10.3. The summed E-state index contributed by atoms with van der Waals surface area (Å²) in [5.41, 5.74) is -1.45. The minimum absolute atomic E-state index is 0.0180. The zero-order valence-electron chi connectivity index (χ0n) is 5.57. The van der Waals surface area contributed by atoms with Crippen LogP contribution in [-0.4, -0.2) is 4.98 Å². The number of hydrogen-bond acceptors (Lipinski definition) is 1. The van der Waals surface area contributed by atoms with E-state index in [2.05, 4.69) is 20.9 Å². The molecule has 0 fully saturated rings. The zero-order valence-corrected chi connectivity index (χ0v) is 7.92. The molecular weight excluding hydrogens is 255 g/mol. The molecule has 1 rings (SSSR count). The number of aromatic amines is 1. The third-order valence-corrected chi connectivity index (χ3v) is 2.36. The number of rotatable bonds is 1. The number of nitrogens with one attached hydrogen (secondary N) is 1. The van der Waals surface area contributed by atoms with E-state index in [9.17, 15) is 13.6 Å². The van der Waals surface area contributed by atoms with Crippen molar-refractivity contribution in [3.05, 3.63) is 31.6 Å². The summed E-state index contributed by atoms with van der Waals surface area (Å²) in [6.07, 6.45) is -2.79. The molecule has 0 saturated heterocycles. The molecule has 6 heteroatoms. The molecule has 0 aliphatic heterocycles. The summed E-state index contributed by atoms with van der Waals surface area (Å²) in [4.78, 5) is 12.9. The van der Waals surface area contributed by atoms with E-state index in [0.717, 1.165) is 6.07 Å². The normalized spacial score (nSPS) is 10.8. The first kappa shape index (κ1) is 9.67. The number of alkyl halides is 2. The Hall–Kier alpha value is -0.420. The molecule has 66 valence electrons. The zero-order chi connectivity index (χ0) is 9.30. The highest BCUT2D eigenvalue weighted by atomic mass is 79.9. The molecule has 1 N–H and O–H groups in total. The first-order valence-electron chi connectivity index (χ1n) is 2.88. The fourth-order valence-corrected chi connectivity index (χ4v) is 1.15.